The molecule has 0 aliphatic rings. The number of hydrogen-bond acceptors (Lipinski definition) is 1. The zero-order valence-electron chi connectivity index (χ0n) is 12.4. The summed E-state index contributed by atoms with van der Waals surface area (Å²) in [6.07, 6.45) is 5.82. The van der Waals surface area contributed by atoms with Crippen molar-refractivity contribution in [2.75, 3.05) is 6.54 Å². The van der Waals surface area contributed by atoms with Crippen molar-refractivity contribution < 1.29 is 0 Å². The lowest BCUT2D eigenvalue weighted by Gasteiger charge is -2.18. The first-order valence-corrected chi connectivity index (χ1v) is 7.60. The maximum absolute atomic E-state index is 3.52. The molecule has 0 fully saturated rings. The Hall–Kier alpha value is -1.28. The molecule has 0 atom stereocenters. The summed E-state index contributed by atoms with van der Waals surface area (Å²) in [5.41, 5.74) is 2.84. The van der Waals surface area contributed by atoms with Crippen LogP contribution in [0.4, 0.5) is 0 Å². The Morgan fingerprint density at radius 3 is 2.58 bits per heavy atom. The zero-order valence-corrected chi connectivity index (χ0v) is 12.4. The van der Waals surface area contributed by atoms with Crippen molar-refractivity contribution in [1.29, 1.82) is 0 Å². The number of nitrogens with one attached hydrogen (secondary N) is 1. The Balaban J connectivity index is 2.37. The second kappa shape index (κ2) is 6.76. The molecule has 2 aromatic rings. The van der Waals surface area contributed by atoms with Gasteiger partial charge in [0.25, 0.3) is 0 Å². The van der Waals surface area contributed by atoms with Crippen LogP contribution in [0.15, 0.2) is 30.5 Å². The fraction of sp³-hybridized carbons (Fsp3) is 0.529. The van der Waals surface area contributed by atoms with Crippen LogP contribution in [0.5, 0.6) is 0 Å². The number of benzene rings is 1. The van der Waals surface area contributed by atoms with E-state index in [4.69, 9.17) is 0 Å². The van der Waals surface area contributed by atoms with E-state index >= 15 is 0 Å². The van der Waals surface area contributed by atoms with Crippen LogP contribution >= 0.6 is 0 Å². The second-order valence-corrected chi connectivity index (χ2v) is 5.23. The van der Waals surface area contributed by atoms with Gasteiger partial charge in [-0.3, -0.25) is 0 Å². The van der Waals surface area contributed by atoms with Crippen molar-refractivity contribution in [2.24, 2.45) is 0 Å². The smallest absolute Gasteiger partial charge is 0.0528 e. The predicted octanol–water partition coefficient (Wildman–Crippen LogP) is 4.50. The van der Waals surface area contributed by atoms with Gasteiger partial charge in [0.15, 0.2) is 0 Å². The summed E-state index contributed by atoms with van der Waals surface area (Å²) in [6, 6.07) is 9.51. The van der Waals surface area contributed by atoms with Crippen molar-refractivity contribution in [2.45, 2.75) is 52.6 Å². The number of hydrogen-bond donors (Lipinski definition) is 1. The van der Waals surface area contributed by atoms with Crippen molar-refractivity contribution >= 4 is 10.9 Å². The Bertz CT molecular complexity index is 509. The van der Waals surface area contributed by atoms with Crippen LogP contribution < -0.4 is 5.32 Å². The number of aromatic nitrogens is 1. The van der Waals surface area contributed by atoms with Gasteiger partial charge < -0.3 is 9.88 Å². The third-order valence-electron chi connectivity index (χ3n) is 3.90. The second-order valence-electron chi connectivity index (χ2n) is 5.23. The quantitative estimate of drug-likeness (QED) is 0.723. The van der Waals surface area contributed by atoms with E-state index in [-0.39, 0.29) is 0 Å². The summed E-state index contributed by atoms with van der Waals surface area (Å²) in [5.74, 6) is 0. The molecule has 1 heterocycles. The molecule has 19 heavy (non-hydrogen) atoms. The van der Waals surface area contributed by atoms with Crippen LogP contribution in [0.1, 0.15) is 51.6 Å². The van der Waals surface area contributed by atoms with Crippen molar-refractivity contribution in [3.8, 4) is 0 Å². The van der Waals surface area contributed by atoms with Crippen LogP contribution in [0.3, 0.4) is 0 Å². The molecule has 1 N–H and O–H groups in total. The minimum absolute atomic E-state index is 0.616. The molecular weight excluding hydrogens is 232 g/mol. The zero-order chi connectivity index (χ0) is 13.7. The predicted molar refractivity (Wildman–Crippen MR) is 83.6 cm³/mol. The highest BCUT2D eigenvalue weighted by Gasteiger charge is 2.12. The van der Waals surface area contributed by atoms with E-state index in [1.807, 2.05) is 0 Å². The SMILES string of the molecule is CCCNCc1cccc2ccn(C(CC)CC)c12. The summed E-state index contributed by atoms with van der Waals surface area (Å²) >= 11 is 0. The molecule has 1 aromatic carbocycles. The highest BCUT2D eigenvalue weighted by molar-refractivity contribution is 5.83. The van der Waals surface area contributed by atoms with Crippen LogP contribution in [-0.2, 0) is 6.54 Å². The van der Waals surface area contributed by atoms with E-state index in [0.29, 0.717) is 6.04 Å². The number of rotatable bonds is 7. The number of fused-ring (bicyclic) bond motifs is 1. The molecule has 2 heteroatoms. The van der Waals surface area contributed by atoms with Gasteiger partial charge in [0.2, 0.25) is 0 Å². The lowest BCUT2D eigenvalue weighted by molar-refractivity contribution is 0.484. The highest BCUT2D eigenvalue weighted by Crippen LogP contribution is 2.27. The van der Waals surface area contributed by atoms with E-state index in [0.717, 1.165) is 13.1 Å². The molecule has 0 amide bonds. The van der Waals surface area contributed by atoms with Crippen LogP contribution in [0.25, 0.3) is 10.9 Å². The molecule has 1 aromatic heterocycles. The summed E-state index contributed by atoms with van der Waals surface area (Å²) < 4.78 is 2.47. The molecule has 2 nitrogen and oxygen atoms in total. The first kappa shape index (κ1) is 14.1. The molecule has 0 bridgehead atoms. The van der Waals surface area contributed by atoms with Crippen molar-refractivity contribution in [1.82, 2.24) is 9.88 Å². The molecule has 2 rings (SSSR count). The fourth-order valence-corrected chi connectivity index (χ4v) is 2.82. The molecule has 0 aliphatic heterocycles. The van der Waals surface area contributed by atoms with Crippen LogP contribution in [-0.4, -0.2) is 11.1 Å². The third-order valence-corrected chi connectivity index (χ3v) is 3.90. The van der Waals surface area contributed by atoms with Crippen LogP contribution in [0.2, 0.25) is 0 Å². The lowest BCUT2D eigenvalue weighted by atomic mass is 10.1. The summed E-state index contributed by atoms with van der Waals surface area (Å²) in [6.45, 7) is 8.81. The average Bonchev–Trinajstić information content (AvgIpc) is 2.86. The lowest BCUT2D eigenvalue weighted by Crippen LogP contribution is -2.15. The summed E-state index contributed by atoms with van der Waals surface area (Å²) in [4.78, 5) is 0. The van der Waals surface area contributed by atoms with Gasteiger partial charge in [0, 0.05) is 18.8 Å². The molecule has 104 valence electrons. The molecular formula is C17H26N2. The van der Waals surface area contributed by atoms with E-state index in [1.54, 1.807) is 0 Å². The summed E-state index contributed by atoms with van der Waals surface area (Å²) in [5, 5.41) is 4.89. The Labute approximate surface area is 116 Å². The topological polar surface area (TPSA) is 17.0 Å². The first-order valence-electron chi connectivity index (χ1n) is 7.60. The van der Waals surface area contributed by atoms with E-state index < -0.39 is 0 Å². The normalized spacial score (nSPS) is 11.6. The van der Waals surface area contributed by atoms with Gasteiger partial charge in [-0.1, -0.05) is 39.0 Å². The number of para-hydroxylation sites is 1. The van der Waals surface area contributed by atoms with Crippen LogP contribution in [0, 0.1) is 0 Å². The molecule has 0 radical (unpaired) electrons. The van der Waals surface area contributed by atoms with Crippen molar-refractivity contribution in [3.63, 3.8) is 0 Å². The molecule has 0 aliphatic carbocycles. The Morgan fingerprint density at radius 2 is 1.89 bits per heavy atom. The first-order chi connectivity index (χ1) is 9.31. The third kappa shape index (κ3) is 3.01. The van der Waals surface area contributed by atoms with E-state index in [9.17, 15) is 0 Å². The van der Waals surface area contributed by atoms with Gasteiger partial charge in [0.1, 0.15) is 0 Å². The Kier molecular flexibility index (Phi) is 5.03. The molecule has 0 saturated carbocycles. The average molecular weight is 258 g/mol. The highest BCUT2D eigenvalue weighted by atomic mass is 15.0. The maximum atomic E-state index is 3.52. The van der Waals surface area contributed by atoms with Gasteiger partial charge >= 0.3 is 0 Å². The minimum atomic E-state index is 0.616. The fourth-order valence-electron chi connectivity index (χ4n) is 2.82. The molecule has 0 saturated heterocycles. The van der Waals surface area contributed by atoms with Gasteiger partial charge in [-0.15, -0.1) is 0 Å². The Morgan fingerprint density at radius 1 is 1.11 bits per heavy atom. The van der Waals surface area contributed by atoms with E-state index in [1.165, 1.54) is 35.7 Å². The number of nitrogens with zero attached hydrogens (tertiary/aromatic N) is 1. The van der Waals surface area contributed by atoms with Gasteiger partial charge in [-0.25, -0.2) is 0 Å². The summed E-state index contributed by atoms with van der Waals surface area (Å²) in [7, 11) is 0. The maximum Gasteiger partial charge on any atom is 0.0528 e. The largest absolute Gasteiger partial charge is 0.344 e. The minimum Gasteiger partial charge on any atom is -0.344 e. The monoisotopic (exact) mass is 258 g/mol. The van der Waals surface area contributed by atoms with Gasteiger partial charge in [-0.05, 0) is 42.8 Å². The van der Waals surface area contributed by atoms with Crippen molar-refractivity contribution in [3.05, 3.63) is 36.0 Å². The molecule has 0 spiro atoms. The standard InChI is InChI=1S/C17H26N2/c1-4-11-18-13-15-9-7-8-14-10-12-19(17(14)15)16(5-2)6-3/h7-10,12,16,18H,4-6,11,13H2,1-3H3. The molecule has 0 unspecified atom stereocenters. The van der Waals surface area contributed by atoms with Gasteiger partial charge in [-0.2, -0.15) is 0 Å². The van der Waals surface area contributed by atoms with E-state index in [2.05, 4.69) is 61.1 Å². The van der Waals surface area contributed by atoms with Gasteiger partial charge in [0.05, 0.1) is 5.52 Å².